The van der Waals surface area contributed by atoms with Crippen LogP contribution in [0.5, 0.6) is 5.88 Å². The van der Waals surface area contributed by atoms with Gasteiger partial charge in [-0.2, -0.15) is 13.2 Å². The maximum absolute atomic E-state index is 12.2. The van der Waals surface area contributed by atoms with E-state index in [1.54, 1.807) is 6.07 Å². The van der Waals surface area contributed by atoms with Gasteiger partial charge in [-0.25, -0.2) is 9.98 Å². The van der Waals surface area contributed by atoms with Crippen molar-refractivity contribution in [1.82, 2.24) is 20.8 Å². The zero-order chi connectivity index (χ0) is 20.6. The van der Waals surface area contributed by atoms with E-state index in [-0.39, 0.29) is 42.3 Å². The Morgan fingerprint density at radius 2 is 2.03 bits per heavy atom. The van der Waals surface area contributed by atoms with Crippen molar-refractivity contribution >= 4 is 29.9 Å². The molecule has 2 N–H and O–H groups in total. The summed E-state index contributed by atoms with van der Waals surface area (Å²) in [4.78, 5) is 8.19. The first-order valence-electron chi connectivity index (χ1n) is 8.89. The zero-order valence-corrected chi connectivity index (χ0v) is 18.7. The summed E-state index contributed by atoms with van der Waals surface area (Å²) in [7, 11) is 0. The van der Waals surface area contributed by atoms with Gasteiger partial charge in [0.05, 0.1) is 18.8 Å². The lowest BCUT2D eigenvalue weighted by atomic mass is 10.1. The highest BCUT2D eigenvalue weighted by molar-refractivity contribution is 14.0. The lowest BCUT2D eigenvalue weighted by molar-refractivity contribution is -0.154. The molecule has 0 aliphatic carbocycles. The van der Waals surface area contributed by atoms with E-state index in [0.29, 0.717) is 30.4 Å². The van der Waals surface area contributed by atoms with E-state index in [2.05, 4.69) is 30.5 Å². The molecule has 7 nitrogen and oxygen atoms in total. The molecule has 11 heteroatoms. The predicted octanol–water partition coefficient (Wildman–Crippen LogP) is 4.01. The summed E-state index contributed by atoms with van der Waals surface area (Å²) in [6.45, 7) is 5.90. The monoisotopic (exact) mass is 527 g/mol. The Hall–Kier alpha value is -2.05. The molecule has 2 aromatic heterocycles. The third-order valence-corrected chi connectivity index (χ3v) is 3.55. The summed E-state index contributed by atoms with van der Waals surface area (Å²) in [6, 6.07) is 4.98. The van der Waals surface area contributed by atoms with Crippen molar-refractivity contribution in [1.29, 1.82) is 0 Å². The minimum Gasteiger partial charge on any atom is -0.468 e. The van der Waals surface area contributed by atoms with Gasteiger partial charge in [0.2, 0.25) is 5.88 Å². The number of alkyl halides is 3. The van der Waals surface area contributed by atoms with Crippen LogP contribution in [-0.4, -0.2) is 35.4 Å². The van der Waals surface area contributed by atoms with Crippen LogP contribution in [0.3, 0.4) is 0 Å². The number of pyridine rings is 1. The van der Waals surface area contributed by atoms with Crippen molar-refractivity contribution < 1.29 is 22.4 Å². The normalized spacial score (nSPS) is 11.9. The first-order valence-corrected chi connectivity index (χ1v) is 8.89. The van der Waals surface area contributed by atoms with Gasteiger partial charge in [0.1, 0.15) is 0 Å². The molecule has 0 aliphatic rings. The second-order valence-electron chi connectivity index (χ2n) is 6.33. The molecule has 0 bridgehead atoms. The number of hydrogen-bond donors (Lipinski definition) is 2. The molecule has 0 amide bonds. The fraction of sp³-hybridized carbons (Fsp3) is 0.500. The van der Waals surface area contributed by atoms with Crippen LogP contribution in [0.1, 0.15) is 43.7 Å². The van der Waals surface area contributed by atoms with Gasteiger partial charge in [-0.05, 0) is 24.5 Å². The molecule has 0 atom stereocenters. The lowest BCUT2D eigenvalue weighted by Gasteiger charge is -2.11. The van der Waals surface area contributed by atoms with E-state index >= 15 is 0 Å². The highest BCUT2D eigenvalue weighted by atomic mass is 127. The lowest BCUT2D eigenvalue weighted by Crippen LogP contribution is -2.36. The molecule has 0 radical (unpaired) electrons. The number of nitrogens with one attached hydrogen (secondary N) is 2. The summed E-state index contributed by atoms with van der Waals surface area (Å²) in [5, 5.41) is 10.2. The van der Waals surface area contributed by atoms with Gasteiger partial charge in [-0.1, -0.05) is 19.0 Å². The maximum Gasteiger partial charge on any atom is 0.422 e. The summed E-state index contributed by atoms with van der Waals surface area (Å²) < 4.78 is 46.7. The van der Waals surface area contributed by atoms with Gasteiger partial charge in [0.15, 0.2) is 18.3 Å². The average Bonchev–Trinajstić information content (AvgIpc) is 3.11. The Balaban J connectivity index is 0.00000420. The van der Waals surface area contributed by atoms with Gasteiger partial charge in [0.25, 0.3) is 0 Å². The molecule has 2 rings (SSSR count). The van der Waals surface area contributed by atoms with Crippen LogP contribution in [-0.2, 0) is 13.1 Å². The summed E-state index contributed by atoms with van der Waals surface area (Å²) in [5.74, 6) is 1.41. The van der Waals surface area contributed by atoms with Crippen molar-refractivity contribution in [3.05, 3.63) is 41.4 Å². The van der Waals surface area contributed by atoms with Crippen LogP contribution < -0.4 is 15.4 Å². The quantitative estimate of drug-likeness (QED) is 0.307. The maximum atomic E-state index is 12.2. The Bertz CT molecular complexity index is 781. The first-order chi connectivity index (χ1) is 13.3. The van der Waals surface area contributed by atoms with E-state index in [1.807, 2.05) is 26.8 Å². The van der Waals surface area contributed by atoms with Crippen LogP contribution >= 0.6 is 24.0 Å². The Labute approximate surface area is 184 Å². The van der Waals surface area contributed by atoms with Crippen LogP contribution in [0.2, 0.25) is 0 Å². The smallest absolute Gasteiger partial charge is 0.422 e. The van der Waals surface area contributed by atoms with Gasteiger partial charge in [-0.3, -0.25) is 0 Å². The Morgan fingerprint density at radius 1 is 1.28 bits per heavy atom. The molecule has 0 saturated heterocycles. The van der Waals surface area contributed by atoms with Crippen LogP contribution in [0.15, 0.2) is 33.9 Å². The van der Waals surface area contributed by atoms with E-state index in [1.165, 1.54) is 12.3 Å². The third-order valence-electron chi connectivity index (χ3n) is 3.55. The number of guanidine groups is 1. The highest BCUT2D eigenvalue weighted by Crippen LogP contribution is 2.18. The van der Waals surface area contributed by atoms with Gasteiger partial charge in [0, 0.05) is 24.9 Å². The van der Waals surface area contributed by atoms with E-state index in [9.17, 15) is 13.2 Å². The standard InChI is InChI=1S/C18H24F3N5O2.HI/c1-4-22-17(25-10-14-8-15(12(2)3)26-28-14)24-9-13-5-6-23-16(7-13)27-11-18(19,20)21;/h5-8,12H,4,9-11H2,1-3H3,(H2,22,24,25);1H. The summed E-state index contributed by atoms with van der Waals surface area (Å²) >= 11 is 0. The molecule has 2 heterocycles. The fourth-order valence-corrected chi connectivity index (χ4v) is 2.15. The van der Waals surface area contributed by atoms with Crippen molar-refractivity contribution in [3.8, 4) is 5.88 Å². The number of nitrogens with zero attached hydrogens (tertiary/aromatic N) is 3. The highest BCUT2D eigenvalue weighted by Gasteiger charge is 2.28. The molecule has 2 aromatic rings. The Morgan fingerprint density at radius 3 is 2.66 bits per heavy atom. The fourth-order valence-electron chi connectivity index (χ4n) is 2.15. The summed E-state index contributed by atoms with van der Waals surface area (Å²) in [5.41, 5.74) is 1.55. The molecule has 0 aliphatic heterocycles. The number of ether oxygens (including phenoxy) is 1. The van der Waals surface area contributed by atoms with E-state index in [0.717, 1.165) is 5.69 Å². The zero-order valence-electron chi connectivity index (χ0n) is 16.4. The van der Waals surface area contributed by atoms with Crippen molar-refractivity contribution in [2.24, 2.45) is 4.99 Å². The van der Waals surface area contributed by atoms with Crippen molar-refractivity contribution in [2.75, 3.05) is 13.2 Å². The molecule has 29 heavy (non-hydrogen) atoms. The third kappa shape index (κ3) is 9.33. The number of aromatic nitrogens is 2. The molecule has 0 spiro atoms. The van der Waals surface area contributed by atoms with Gasteiger partial charge >= 0.3 is 6.18 Å². The van der Waals surface area contributed by atoms with E-state index in [4.69, 9.17) is 4.52 Å². The average molecular weight is 527 g/mol. The summed E-state index contributed by atoms with van der Waals surface area (Å²) in [6.07, 6.45) is -3.02. The van der Waals surface area contributed by atoms with Crippen molar-refractivity contribution in [2.45, 2.75) is 46.0 Å². The number of halogens is 4. The molecule has 0 saturated carbocycles. The largest absolute Gasteiger partial charge is 0.468 e. The topological polar surface area (TPSA) is 84.6 Å². The predicted molar refractivity (Wildman–Crippen MR) is 113 cm³/mol. The van der Waals surface area contributed by atoms with Crippen LogP contribution in [0.4, 0.5) is 13.2 Å². The molecule has 0 unspecified atom stereocenters. The second kappa shape index (κ2) is 11.8. The molecule has 0 fully saturated rings. The number of hydrogen-bond acceptors (Lipinski definition) is 5. The van der Waals surface area contributed by atoms with Crippen LogP contribution in [0.25, 0.3) is 0 Å². The number of rotatable bonds is 8. The number of aliphatic imine (C=N–C) groups is 1. The minimum absolute atomic E-state index is 0. The second-order valence-corrected chi connectivity index (χ2v) is 6.33. The molecular formula is C18H25F3IN5O2. The first kappa shape index (κ1) is 25.0. The Kier molecular flexibility index (Phi) is 10.2. The minimum atomic E-state index is -4.41. The molecule has 162 valence electrons. The van der Waals surface area contributed by atoms with Gasteiger partial charge in [-0.15, -0.1) is 24.0 Å². The van der Waals surface area contributed by atoms with Gasteiger partial charge < -0.3 is 19.9 Å². The molecule has 0 aromatic carbocycles. The van der Waals surface area contributed by atoms with Crippen LogP contribution in [0, 0.1) is 0 Å². The van der Waals surface area contributed by atoms with E-state index < -0.39 is 12.8 Å². The molecular weight excluding hydrogens is 502 g/mol. The SMILES string of the molecule is CCNC(=NCc1ccnc(OCC(F)(F)F)c1)NCc1cc(C(C)C)no1.I. The van der Waals surface area contributed by atoms with Crippen molar-refractivity contribution in [3.63, 3.8) is 0 Å².